The molecule has 1 amide bonds. The zero-order valence-corrected chi connectivity index (χ0v) is 13.3. The fourth-order valence-corrected chi connectivity index (χ4v) is 2.98. The molecule has 2 aromatic carbocycles. The number of hydrogen-bond donors (Lipinski definition) is 0. The van der Waals surface area contributed by atoms with Crippen LogP contribution in [0.5, 0.6) is 0 Å². The number of carbonyl (C=O) groups is 1. The maximum Gasteiger partial charge on any atom is 0.243 e. The lowest BCUT2D eigenvalue weighted by Crippen LogP contribution is -2.52. The molecule has 0 saturated carbocycles. The Bertz CT molecular complexity index is 840. The highest BCUT2D eigenvalue weighted by Gasteiger charge is 2.30. The molecule has 1 aliphatic rings. The van der Waals surface area contributed by atoms with E-state index in [9.17, 15) is 4.79 Å². The SMILES string of the molecule is O=C(Cn1cnc2ccccc21)N(Cc1ccccc1)C1COC1. The molecular weight excluding hydrogens is 302 g/mol. The summed E-state index contributed by atoms with van der Waals surface area (Å²) < 4.78 is 7.21. The van der Waals surface area contributed by atoms with Crippen molar-refractivity contribution in [1.82, 2.24) is 14.5 Å². The van der Waals surface area contributed by atoms with Crippen molar-refractivity contribution in [3.8, 4) is 0 Å². The van der Waals surface area contributed by atoms with Crippen molar-refractivity contribution >= 4 is 16.9 Å². The number of amides is 1. The molecule has 24 heavy (non-hydrogen) atoms. The standard InChI is InChI=1S/C19H19N3O2/c23-19(11-21-14-20-17-8-4-5-9-18(17)21)22(16-12-24-13-16)10-15-6-2-1-3-7-15/h1-9,14,16H,10-13H2. The fourth-order valence-electron chi connectivity index (χ4n) is 2.98. The predicted octanol–water partition coefficient (Wildman–Crippen LogP) is 2.46. The highest BCUT2D eigenvalue weighted by molar-refractivity contribution is 5.80. The van der Waals surface area contributed by atoms with Crippen LogP contribution in [0.2, 0.25) is 0 Å². The molecule has 0 spiro atoms. The molecule has 0 unspecified atom stereocenters. The van der Waals surface area contributed by atoms with Gasteiger partial charge in [-0.15, -0.1) is 0 Å². The number of benzene rings is 2. The van der Waals surface area contributed by atoms with Gasteiger partial charge in [0.2, 0.25) is 5.91 Å². The number of ether oxygens (including phenoxy) is 1. The Labute approximate surface area is 140 Å². The molecule has 122 valence electrons. The Morgan fingerprint density at radius 1 is 1.12 bits per heavy atom. The molecule has 2 heterocycles. The third kappa shape index (κ3) is 2.90. The fraction of sp³-hybridized carbons (Fsp3) is 0.263. The highest BCUT2D eigenvalue weighted by Crippen LogP contribution is 2.17. The average molecular weight is 321 g/mol. The van der Waals surface area contributed by atoms with E-state index in [0.29, 0.717) is 26.3 Å². The van der Waals surface area contributed by atoms with E-state index < -0.39 is 0 Å². The van der Waals surface area contributed by atoms with Crippen LogP contribution in [0, 0.1) is 0 Å². The summed E-state index contributed by atoms with van der Waals surface area (Å²) >= 11 is 0. The Balaban J connectivity index is 1.55. The van der Waals surface area contributed by atoms with Gasteiger partial charge in [-0.1, -0.05) is 42.5 Å². The number of aromatic nitrogens is 2. The number of carbonyl (C=O) groups excluding carboxylic acids is 1. The minimum atomic E-state index is 0.0929. The molecule has 5 nitrogen and oxygen atoms in total. The van der Waals surface area contributed by atoms with Gasteiger partial charge < -0.3 is 14.2 Å². The first-order valence-corrected chi connectivity index (χ1v) is 8.12. The Kier molecular flexibility index (Phi) is 4.01. The normalized spacial score (nSPS) is 14.5. The van der Waals surface area contributed by atoms with Gasteiger partial charge >= 0.3 is 0 Å². The molecule has 0 radical (unpaired) electrons. The maximum atomic E-state index is 12.9. The molecule has 0 aliphatic carbocycles. The van der Waals surface area contributed by atoms with Crippen LogP contribution in [0.4, 0.5) is 0 Å². The second-order valence-corrected chi connectivity index (χ2v) is 6.06. The molecule has 0 N–H and O–H groups in total. The number of imidazole rings is 1. The first-order chi connectivity index (χ1) is 11.8. The number of para-hydroxylation sites is 2. The lowest BCUT2D eigenvalue weighted by atomic mass is 10.1. The van der Waals surface area contributed by atoms with Gasteiger partial charge in [0, 0.05) is 6.54 Å². The number of rotatable bonds is 5. The summed E-state index contributed by atoms with van der Waals surface area (Å²) in [5, 5.41) is 0. The van der Waals surface area contributed by atoms with Crippen LogP contribution in [0.15, 0.2) is 60.9 Å². The van der Waals surface area contributed by atoms with Crippen molar-refractivity contribution in [1.29, 1.82) is 0 Å². The van der Waals surface area contributed by atoms with Crippen LogP contribution in [-0.4, -0.2) is 39.6 Å². The van der Waals surface area contributed by atoms with Gasteiger partial charge in [0.1, 0.15) is 6.54 Å². The van der Waals surface area contributed by atoms with Gasteiger partial charge in [0.25, 0.3) is 0 Å². The van der Waals surface area contributed by atoms with Crippen LogP contribution in [0.3, 0.4) is 0 Å². The molecule has 3 aromatic rings. The Hall–Kier alpha value is -2.66. The van der Waals surface area contributed by atoms with Crippen molar-refractivity contribution in [3.05, 3.63) is 66.5 Å². The van der Waals surface area contributed by atoms with Gasteiger partial charge in [0.05, 0.1) is 36.6 Å². The number of fused-ring (bicyclic) bond motifs is 1. The van der Waals surface area contributed by atoms with Crippen molar-refractivity contribution in [2.45, 2.75) is 19.1 Å². The first kappa shape index (κ1) is 14.9. The summed E-state index contributed by atoms with van der Waals surface area (Å²) in [7, 11) is 0. The lowest BCUT2D eigenvalue weighted by Gasteiger charge is -2.37. The van der Waals surface area contributed by atoms with Crippen molar-refractivity contribution in [2.24, 2.45) is 0 Å². The third-order valence-electron chi connectivity index (χ3n) is 4.41. The van der Waals surface area contributed by atoms with Crippen molar-refractivity contribution < 1.29 is 9.53 Å². The van der Waals surface area contributed by atoms with E-state index in [1.165, 1.54) is 0 Å². The van der Waals surface area contributed by atoms with Gasteiger partial charge in [-0.3, -0.25) is 4.79 Å². The van der Waals surface area contributed by atoms with Crippen LogP contribution in [0.1, 0.15) is 5.56 Å². The Morgan fingerprint density at radius 3 is 2.62 bits per heavy atom. The molecule has 0 bridgehead atoms. The van der Waals surface area contributed by atoms with E-state index in [0.717, 1.165) is 16.6 Å². The van der Waals surface area contributed by atoms with Gasteiger partial charge in [0.15, 0.2) is 0 Å². The van der Waals surface area contributed by atoms with Crippen LogP contribution in [-0.2, 0) is 22.6 Å². The van der Waals surface area contributed by atoms with Gasteiger partial charge in [-0.2, -0.15) is 0 Å². The monoisotopic (exact) mass is 321 g/mol. The molecule has 5 heteroatoms. The predicted molar refractivity (Wildman–Crippen MR) is 91.3 cm³/mol. The number of hydrogen-bond acceptors (Lipinski definition) is 3. The van der Waals surface area contributed by atoms with Crippen molar-refractivity contribution in [3.63, 3.8) is 0 Å². The molecule has 1 aliphatic heterocycles. The smallest absolute Gasteiger partial charge is 0.243 e. The Morgan fingerprint density at radius 2 is 1.88 bits per heavy atom. The van der Waals surface area contributed by atoms with E-state index in [2.05, 4.69) is 4.98 Å². The minimum Gasteiger partial charge on any atom is -0.377 e. The van der Waals surface area contributed by atoms with E-state index >= 15 is 0 Å². The summed E-state index contributed by atoms with van der Waals surface area (Å²) in [4.78, 5) is 19.2. The van der Waals surface area contributed by atoms with E-state index in [1.54, 1.807) is 6.33 Å². The lowest BCUT2D eigenvalue weighted by molar-refractivity contribution is -0.146. The second kappa shape index (κ2) is 6.45. The molecule has 1 aromatic heterocycles. The van der Waals surface area contributed by atoms with E-state index in [1.807, 2.05) is 64.1 Å². The molecule has 1 saturated heterocycles. The maximum absolute atomic E-state index is 12.9. The average Bonchev–Trinajstić information content (AvgIpc) is 2.97. The van der Waals surface area contributed by atoms with E-state index in [4.69, 9.17) is 4.74 Å². The van der Waals surface area contributed by atoms with Crippen molar-refractivity contribution in [2.75, 3.05) is 13.2 Å². The second-order valence-electron chi connectivity index (χ2n) is 6.06. The van der Waals surface area contributed by atoms with Crippen LogP contribution < -0.4 is 0 Å². The zero-order valence-electron chi connectivity index (χ0n) is 13.3. The highest BCUT2D eigenvalue weighted by atomic mass is 16.5. The minimum absolute atomic E-state index is 0.0929. The summed E-state index contributed by atoms with van der Waals surface area (Å²) in [6, 6.07) is 18.1. The summed E-state index contributed by atoms with van der Waals surface area (Å²) in [5.41, 5.74) is 3.02. The van der Waals surface area contributed by atoms with E-state index in [-0.39, 0.29) is 11.9 Å². The molecule has 1 fully saturated rings. The zero-order chi connectivity index (χ0) is 16.4. The largest absolute Gasteiger partial charge is 0.377 e. The van der Waals surface area contributed by atoms with Gasteiger partial charge in [-0.25, -0.2) is 4.98 Å². The van der Waals surface area contributed by atoms with Crippen LogP contribution >= 0.6 is 0 Å². The third-order valence-corrected chi connectivity index (χ3v) is 4.41. The topological polar surface area (TPSA) is 47.4 Å². The molecule has 4 rings (SSSR count). The summed E-state index contributed by atoms with van der Waals surface area (Å²) in [6.07, 6.45) is 1.74. The summed E-state index contributed by atoms with van der Waals surface area (Å²) in [5.74, 6) is 0.0929. The quantitative estimate of drug-likeness (QED) is 0.725. The van der Waals surface area contributed by atoms with Crippen LogP contribution in [0.25, 0.3) is 11.0 Å². The van der Waals surface area contributed by atoms with Gasteiger partial charge in [-0.05, 0) is 17.7 Å². The number of nitrogens with zero attached hydrogens (tertiary/aromatic N) is 3. The molecular formula is C19H19N3O2. The summed E-state index contributed by atoms with van der Waals surface area (Å²) in [6.45, 7) is 2.14. The molecule has 0 atom stereocenters. The first-order valence-electron chi connectivity index (χ1n) is 8.12.